The summed E-state index contributed by atoms with van der Waals surface area (Å²) < 4.78 is 37.7. The Morgan fingerprint density at radius 1 is 1.22 bits per heavy atom. The van der Waals surface area contributed by atoms with Gasteiger partial charge in [-0.25, -0.2) is 17.5 Å². The van der Waals surface area contributed by atoms with Gasteiger partial charge < -0.3 is 0 Å². The van der Waals surface area contributed by atoms with Gasteiger partial charge >= 0.3 is 0 Å². The molecule has 0 spiro atoms. The standard InChI is InChI=1S/C11H11FNO2S3/c1-18(14,15)13-11-3-2-8-17(11)16-10-6-4-9(12)5-7-10/h2-8,13H,1H3/q+1. The second-order valence-electron chi connectivity index (χ2n) is 3.57. The monoisotopic (exact) mass is 304 g/mol. The minimum Gasteiger partial charge on any atom is -0.238 e. The maximum absolute atomic E-state index is 12.8. The van der Waals surface area contributed by atoms with E-state index in [1.807, 2.05) is 11.4 Å². The van der Waals surface area contributed by atoms with Crippen molar-refractivity contribution in [2.75, 3.05) is 11.0 Å². The van der Waals surface area contributed by atoms with E-state index in [2.05, 4.69) is 4.72 Å². The van der Waals surface area contributed by atoms with Crippen molar-refractivity contribution >= 4 is 35.3 Å². The predicted molar refractivity (Wildman–Crippen MR) is 75.0 cm³/mol. The molecule has 0 amide bonds. The van der Waals surface area contributed by atoms with E-state index < -0.39 is 10.0 Å². The van der Waals surface area contributed by atoms with E-state index in [4.69, 9.17) is 0 Å². The maximum atomic E-state index is 12.8. The van der Waals surface area contributed by atoms with Crippen molar-refractivity contribution in [3.63, 3.8) is 0 Å². The van der Waals surface area contributed by atoms with Crippen molar-refractivity contribution in [3.05, 3.63) is 47.6 Å². The fraction of sp³-hybridized carbons (Fsp3) is 0.0909. The Morgan fingerprint density at radius 2 is 1.89 bits per heavy atom. The quantitative estimate of drug-likeness (QED) is 0.694. The molecule has 0 radical (unpaired) electrons. The smallest absolute Gasteiger partial charge is 0.238 e. The van der Waals surface area contributed by atoms with Gasteiger partial charge in [-0.05, 0) is 30.3 Å². The van der Waals surface area contributed by atoms with Gasteiger partial charge in [0.1, 0.15) is 5.82 Å². The zero-order valence-electron chi connectivity index (χ0n) is 9.46. The molecule has 0 saturated carbocycles. The molecule has 2 rings (SSSR count). The molecular weight excluding hydrogens is 293 g/mol. The van der Waals surface area contributed by atoms with Crippen molar-refractivity contribution in [1.29, 1.82) is 0 Å². The van der Waals surface area contributed by atoms with Crippen LogP contribution < -0.4 is 4.72 Å². The van der Waals surface area contributed by atoms with Crippen LogP contribution in [0.1, 0.15) is 0 Å². The second kappa shape index (κ2) is 5.29. The van der Waals surface area contributed by atoms with Crippen LogP contribution in [0.3, 0.4) is 0 Å². The summed E-state index contributed by atoms with van der Waals surface area (Å²) in [5.41, 5.74) is 0. The highest BCUT2D eigenvalue weighted by Crippen LogP contribution is 2.45. The third-order valence-electron chi connectivity index (χ3n) is 1.95. The minimum absolute atomic E-state index is 0.283. The molecule has 0 fully saturated rings. The minimum atomic E-state index is -3.26. The first-order valence-corrected chi connectivity index (χ1v) is 9.48. The van der Waals surface area contributed by atoms with Crippen molar-refractivity contribution in [2.45, 2.75) is 4.90 Å². The summed E-state index contributed by atoms with van der Waals surface area (Å²) in [7, 11) is -2.16. The number of benzene rings is 1. The van der Waals surface area contributed by atoms with Gasteiger partial charge in [0.2, 0.25) is 10.0 Å². The largest absolute Gasteiger partial charge is 0.267 e. The lowest BCUT2D eigenvalue weighted by Gasteiger charge is -1.97. The molecule has 0 aliphatic heterocycles. The van der Waals surface area contributed by atoms with Gasteiger partial charge in [-0.15, -0.1) is 0 Å². The number of thiophene rings is 1. The van der Waals surface area contributed by atoms with Gasteiger partial charge in [0.15, 0.2) is 16.2 Å². The van der Waals surface area contributed by atoms with Gasteiger partial charge in [0.25, 0.3) is 5.00 Å². The Kier molecular flexibility index (Phi) is 3.94. The first-order chi connectivity index (χ1) is 8.44. The highest BCUT2D eigenvalue weighted by Gasteiger charge is 2.19. The van der Waals surface area contributed by atoms with Gasteiger partial charge in [0.05, 0.1) is 20.7 Å². The number of halogens is 1. The van der Waals surface area contributed by atoms with Crippen molar-refractivity contribution in [2.24, 2.45) is 0 Å². The van der Waals surface area contributed by atoms with E-state index >= 15 is 0 Å². The first kappa shape index (κ1) is 13.4. The van der Waals surface area contributed by atoms with Gasteiger partial charge in [0, 0.05) is 6.07 Å². The van der Waals surface area contributed by atoms with E-state index in [0.717, 1.165) is 11.2 Å². The van der Waals surface area contributed by atoms with Gasteiger partial charge in [-0.2, -0.15) is 0 Å². The molecule has 1 aromatic carbocycles. The molecule has 1 aromatic heterocycles. The topological polar surface area (TPSA) is 46.2 Å². The summed E-state index contributed by atoms with van der Waals surface area (Å²) in [4.78, 5) is 0.896. The van der Waals surface area contributed by atoms with Crippen LogP contribution in [-0.2, 0) is 10.0 Å². The van der Waals surface area contributed by atoms with E-state index in [1.165, 1.54) is 22.9 Å². The van der Waals surface area contributed by atoms with E-state index in [-0.39, 0.29) is 15.3 Å². The van der Waals surface area contributed by atoms with Gasteiger partial charge in [-0.1, -0.05) is 0 Å². The van der Waals surface area contributed by atoms with Crippen LogP contribution in [0, 0.1) is 5.82 Å². The second-order valence-corrected chi connectivity index (χ2v) is 8.84. The van der Waals surface area contributed by atoms with Crippen LogP contribution in [0.25, 0.3) is 0 Å². The zero-order chi connectivity index (χ0) is 13.2. The first-order valence-electron chi connectivity index (χ1n) is 4.97. The van der Waals surface area contributed by atoms with E-state index in [0.29, 0.717) is 5.00 Å². The number of hydrogen-bond acceptors (Lipinski definition) is 3. The van der Waals surface area contributed by atoms with Crippen LogP contribution in [0.15, 0.2) is 46.7 Å². The summed E-state index contributed by atoms with van der Waals surface area (Å²) in [6.45, 7) is 0. The van der Waals surface area contributed by atoms with E-state index in [1.54, 1.807) is 18.2 Å². The van der Waals surface area contributed by atoms with Crippen LogP contribution >= 0.6 is 20.3 Å². The Balaban J connectivity index is 2.20. The molecule has 0 saturated heterocycles. The summed E-state index contributed by atoms with van der Waals surface area (Å²) in [6.07, 6.45) is 1.12. The number of hydrogen-bond donors (Lipinski definition) is 1. The SMILES string of the molecule is CS(=O)(=O)Nc1ccc[s+]1Sc1ccc(F)cc1. The number of anilines is 1. The number of rotatable bonds is 4. The molecule has 2 aromatic rings. The average Bonchev–Trinajstić information content (AvgIpc) is 2.67. The number of nitrogens with one attached hydrogen (secondary N) is 1. The molecule has 18 heavy (non-hydrogen) atoms. The summed E-state index contributed by atoms with van der Waals surface area (Å²) in [5.74, 6) is -0.283. The average molecular weight is 304 g/mol. The molecule has 96 valence electrons. The van der Waals surface area contributed by atoms with Crippen LogP contribution in [-0.4, -0.2) is 14.7 Å². The van der Waals surface area contributed by atoms with Crippen LogP contribution in [0.4, 0.5) is 9.39 Å². The summed E-state index contributed by atoms with van der Waals surface area (Å²) >= 11 is 0. The molecule has 0 bridgehead atoms. The Hall–Kier alpha value is -1.05. The lowest BCUT2D eigenvalue weighted by Crippen LogP contribution is -2.08. The molecule has 3 nitrogen and oxygen atoms in total. The highest BCUT2D eigenvalue weighted by atomic mass is 33.1. The van der Waals surface area contributed by atoms with Crippen LogP contribution in [0.5, 0.6) is 0 Å². The van der Waals surface area contributed by atoms with E-state index in [9.17, 15) is 12.8 Å². The van der Waals surface area contributed by atoms with Gasteiger partial charge in [-0.3, -0.25) is 0 Å². The molecule has 1 unspecified atom stereocenters. The van der Waals surface area contributed by atoms with Crippen LogP contribution in [0.2, 0.25) is 0 Å². The fourth-order valence-corrected chi connectivity index (χ4v) is 5.72. The number of sulfonamides is 1. The van der Waals surface area contributed by atoms with Crippen molar-refractivity contribution in [1.82, 2.24) is 0 Å². The maximum Gasteiger partial charge on any atom is 0.267 e. The lowest BCUT2D eigenvalue weighted by molar-refractivity contribution is 0.607. The normalized spacial score (nSPS) is 12.4. The molecule has 0 aliphatic rings. The Morgan fingerprint density at radius 3 is 2.50 bits per heavy atom. The predicted octanol–water partition coefficient (Wildman–Crippen LogP) is 3.50. The third-order valence-corrected chi connectivity index (χ3v) is 6.38. The summed E-state index contributed by atoms with van der Waals surface area (Å²) in [6, 6.07) is 9.68. The summed E-state index contributed by atoms with van der Waals surface area (Å²) in [5, 5.41) is 2.56. The third kappa shape index (κ3) is 3.72. The molecule has 1 atom stereocenters. The highest BCUT2D eigenvalue weighted by molar-refractivity contribution is 8.46. The lowest BCUT2D eigenvalue weighted by atomic mass is 10.4. The fourth-order valence-electron chi connectivity index (χ4n) is 1.26. The van der Waals surface area contributed by atoms with Crippen molar-refractivity contribution in [3.8, 4) is 0 Å². The molecule has 7 heteroatoms. The molecule has 1 heterocycles. The molecule has 0 aliphatic carbocycles. The Labute approximate surface area is 111 Å². The Bertz CT molecular complexity index is 635. The molecule has 1 N–H and O–H groups in total. The zero-order valence-corrected chi connectivity index (χ0v) is 11.9. The van der Waals surface area contributed by atoms with Crippen molar-refractivity contribution < 1.29 is 12.8 Å². The molecular formula is C11H11FNO2S3+.